The van der Waals surface area contributed by atoms with Crippen molar-refractivity contribution in [2.75, 3.05) is 20.6 Å². The average molecular weight is 299 g/mol. The molecule has 0 spiro atoms. The molecule has 0 bridgehead atoms. The van der Waals surface area contributed by atoms with E-state index in [0.717, 1.165) is 18.7 Å². The molecule has 1 atom stereocenters. The minimum absolute atomic E-state index is 0.130. The lowest BCUT2D eigenvalue weighted by atomic mass is 10.2. The number of ether oxygens (including phenoxy) is 1. The predicted molar refractivity (Wildman–Crippen MR) is 85.4 cm³/mol. The first-order valence-corrected chi connectivity index (χ1v) is 7.28. The molecule has 1 rings (SSSR count). The van der Waals surface area contributed by atoms with Crippen LogP contribution in [0.15, 0.2) is 4.99 Å². The van der Waals surface area contributed by atoms with E-state index < -0.39 is 5.60 Å². The maximum Gasteiger partial charge on any atom is 0.410 e. The normalized spacial score (nSPS) is 20.0. The highest BCUT2D eigenvalue weighted by molar-refractivity contribution is 7.80. The van der Waals surface area contributed by atoms with Crippen LogP contribution < -0.4 is 0 Å². The molecule has 5 nitrogen and oxygen atoms in total. The van der Waals surface area contributed by atoms with Gasteiger partial charge in [0.1, 0.15) is 16.4 Å². The number of nitrogens with zero attached hydrogens (tertiary/aromatic N) is 3. The van der Waals surface area contributed by atoms with E-state index in [1.165, 1.54) is 0 Å². The third-order valence-corrected chi connectivity index (χ3v) is 3.45. The van der Waals surface area contributed by atoms with E-state index >= 15 is 0 Å². The summed E-state index contributed by atoms with van der Waals surface area (Å²) in [4.78, 5) is 20.7. The van der Waals surface area contributed by atoms with Crippen LogP contribution in [0.25, 0.3) is 0 Å². The molecule has 0 N–H and O–H groups in total. The van der Waals surface area contributed by atoms with Gasteiger partial charge >= 0.3 is 6.09 Å². The van der Waals surface area contributed by atoms with E-state index in [2.05, 4.69) is 4.99 Å². The smallest absolute Gasteiger partial charge is 0.410 e. The third-order valence-electron chi connectivity index (χ3n) is 3.09. The van der Waals surface area contributed by atoms with Crippen molar-refractivity contribution >= 4 is 29.1 Å². The fourth-order valence-corrected chi connectivity index (χ4v) is 2.27. The lowest BCUT2D eigenvalue weighted by Crippen LogP contribution is -2.42. The minimum atomic E-state index is -0.491. The Balaban J connectivity index is 2.77. The second-order valence-electron chi connectivity index (χ2n) is 6.22. The van der Waals surface area contributed by atoms with Crippen LogP contribution in [-0.2, 0) is 4.74 Å². The second-order valence-corrected chi connectivity index (χ2v) is 6.64. The standard InChI is InChI=1S/C14H25N3O2S/c1-10(16(5)6)15-12(20)11-8-7-9-17(11)13(18)19-14(2,3)4/h11H,7-9H2,1-6H3. The van der Waals surface area contributed by atoms with E-state index in [1.54, 1.807) is 4.90 Å². The second kappa shape index (κ2) is 6.52. The Kier molecular flexibility index (Phi) is 5.50. The Labute approximate surface area is 127 Å². The van der Waals surface area contributed by atoms with Gasteiger partial charge < -0.3 is 9.64 Å². The summed E-state index contributed by atoms with van der Waals surface area (Å²) in [7, 11) is 3.84. The molecule has 1 heterocycles. The molecule has 0 aromatic carbocycles. The van der Waals surface area contributed by atoms with Crippen LogP contribution in [0.2, 0.25) is 0 Å². The van der Waals surface area contributed by atoms with Gasteiger partial charge in [-0.3, -0.25) is 4.90 Å². The molecule has 114 valence electrons. The third kappa shape index (κ3) is 4.74. The molecule has 1 fully saturated rings. The number of aliphatic imine (C=N–C) groups is 1. The van der Waals surface area contributed by atoms with Crippen molar-refractivity contribution in [2.24, 2.45) is 4.99 Å². The highest BCUT2D eigenvalue weighted by atomic mass is 32.1. The monoisotopic (exact) mass is 299 g/mol. The van der Waals surface area contributed by atoms with Gasteiger partial charge in [0.2, 0.25) is 0 Å². The lowest BCUT2D eigenvalue weighted by Gasteiger charge is -2.28. The fourth-order valence-electron chi connectivity index (χ4n) is 1.90. The molecule has 1 saturated heterocycles. The Bertz CT molecular complexity index is 413. The van der Waals surface area contributed by atoms with Crippen LogP contribution >= 0.6 is 12.2 Å². The lowest BCUT2D eigenvalue weighted by molar-refractivity contribution is 0.0266. The maximum atomic E-state index is 12.2. The Morgan fingerprint density at radius 2 is 2.00 bits per heavy atom. The summed E-state index contributed by atoms with van der Waals surface area (Å²) < 4.78 is 5.42. The van der Waals surface area contributed by atoms with Crippen LogP contribution in [0.5, 0.6) is 0 Å². The van der Waals surface area contributed by atoms with Gasteiger partial charge in [-0.2, -0.15) is 0 Å². The summed E-state index contributed by atoms with van der Waals surface area (Å²) in [5.74, 6) is 0.839. The van der Waals surface area contributed by atoms with Gasteiger partial charge in [-0.25, -0.2) is 9.79 Å². The van der Waals surface area contributed by atoms with Crippen molar-refractivity contribution in [2.45, 2.75) is 52.2 Å². The quantitative estimate of drug-likeness (QED) is 0.424. The van der Waals surface area contributed by atoms with Crippen LogP contribution in [0.4, 0.5) is 4.79 Å². The number of carbonyl (C=O) groups is 1. The van der Waals surface area contributed by atoms with Gasteiger partial charge in [-0.1, -0.05) is 12.2 Å². The molecular formula is C14H25N3O2S. The zero-order valence-corrected chi connectivity index (χ0v) is 14.1. The van der Waals surface area contributed by atoms with E-state index in [0.29, 0.717) is 11.5 Å². The number of carbonyl (C=O) groups excluding carboxylic acids is 1. The molecule has 6 heteroatoms. The number of hydrogen-bond acceptors (Lipinski definition) is 3. The largest absolute Gasteiger partial charge is 0.444 e. The van der Waals surface area contributed by atoms with Crippen molar-refractivity contribution in [3.05, 3.63) is 0 Å². The summed E-state index contributed by atoms with van der Waals surface area (Å²) in [6.07, 6.45) is 1.48. The molecule has 1 unspecified atom stereocenters. The van der Waals surface area contributed by atoms with Gasteiger partial charge in [0, 0.05) is 20.6 Å². The van der Waals surface area contributed by atoms with E-state index in [-0.39, 0.29) is 12.1 Å². The van der Waals surface area contributed by atoms with Crippen LogP contribution in [0, 0.1) is 0 Å². The SMILES string of the molecule is CC(=NC(=S)C1CCCN1C(=O)OC(C)(C)C)N(C)C. The van der Waals surface area contributed by atoms with Gasteiger partial charge in [0.25, 0.3) is 0 Å². The van der Waals surface area contributed by atoms with E-state index in [1.807, 2.05) is 46.7 Å². The first-order chi connectivity index (χ1) is 9.11. The first kappa shape index (κ1) is 16.9. The maximum absolute atomic E-state index is 12.2. The number of hydrogen-bond donors (Lipinski definition) is 0. The number of rotatable bonds is 1. The number of likely N-dealkylation sites (tertiary alicyclic amines) is 1. The number of amidine groups is 1. The predicted octanol–water partition coefficient (Wildman–Crippen LogP) is 2.69. The zero-order chi connectivity index (χ0) is 15.5. The molecule has 0 aromatic rings. The molecular weight excluding hydrogens is 274 g/mol. The summed E-state index contributed by atoms with van der Waals surface area (Å²) in [6.45, 7) is 8.17. The van der Waals surface area contributed by atoms with Crippen molar-refractivity contribution in [1.29, 1.82) is 0 Å². The van der Waals surface area contributed by atoms with E-state index in [4.69, 9.17) is 17.0 Å². The van der Waals surface area contributed by atoms with Gasteiger partial charge in [0.15, 0.2) is 0 Å². The average Bonchev–Trinajstić information content (AvgIpc) is 2.74. The van der Waals surface area contributed by atoms with Crippen LogP contribution in [0.1, 0.15) is 40.5 Å². The Hall–Kier alpha value is -1.17. The molecule has 1 aliphatic rings. The van der Waals surface area contributed by atoms with Crippen molar-refractivity contribution < 1.29 is 9.53 Å². The Morgan fingerprint density at radius 3 is 2.50 bits per heavy atom. The zero-order valence-electron chi connectivity index (χ0n) is 13.3. The number of thiocarbonyl (C=S) groups is 1. The minimum Gasteiger partial charge on any atom is -0.444 e. The van der Waals surface area contributed by atoms with Gasteiger partial charge in [0.05, 0.1) is 6.04 Å². The molecule has 0 aliphatic carbocycles. The molecule has 0 radical (unpaired) electrons. The molecule has 1 aliphatic heterocycles. The first-order valence-electron chi connectivity index (χ1n) is 6.88. The van der Waals surface area contributed by atoms with E-state index in [9.17, 15) is 4.79 Å². The van der Waals surface area contributed by atoms with Gasteiger partial charge in [-0.05, 0) is 40.5 Å². The van der Waals surface area contributed by atoms with Crippen molar-refractivity contribution in [1.82, 2.24) is 9.80 Å². The van der Waals surface area contributed by atoms with Crippen molar-refractivity contribution in [3.63, 3.8) is 0 Å². The fraction of sp³-hybridized carbons (Fsp3) is 0.786. The summed E-state index contributed by atoms with van der Waals surface area (Å²) in [6, 6.07) is -0.130. The van der Waals surface area contributed by atoms with Crippen LogP contribution in [0.3, 0.4) is 0 Å². The topological polar surface area (TPSA) is 45.1 Å². The Morgan fingerprint density at radius 1 is 1.40 bits per heavy atom. The van der Waals surface area contributed by atoms with Crippen LogP contribution in [-0.4, -0.2) is 59.0 Å². The van der Waals surface area contributed by atoms with Crippen molar-refractivity contribution in [3.8, 4) is 0 Å². The molecule has 0 saturated carbocycles. The molecule has 0 aromatic heterocycles. The number of amides is 1. The highest BCUT2D eigenvalue weighted by Gasteiger charge is 2.34. The molecule has 1 amide bonds. The summed E-state index contributed by atoms with van der Waals surface area (Å²) in [5, 5.41) is 0. The highest BCUT2D eigenvalue weighted by Crippen LogP contribution is 2.22. The van der Waals surface area contributed by atoms with Gasteiger partial charge in [-0.15, -0.1) is 0 Å². The molecule has 20 heavy (non-hydrogen) atoms. The summed E-state index contributed by atoms with van der Waals surface area (Å²) in [5.41, 5.74) is -0.491. The summed E-state index contributed by atoms with van der Waals surface area (Å²) >= 11 is 5.38.